The maximum Gasteiger partial charge on any atom is 0.165 e. The molecule has 1 aromatic rings. The quantitative estimate of drug-likeness (QED) is 0.778. The molecule has 5 heteroatoms. The van der Waals surface area contributed by atoms with Crippen LogP contribution in [0, 0.1) is 0 Å². The lowest BCUT2D eigenvalue weighted by Gasteiger charge is -2.22. The third kappa shape index (κ3) is 1.91. The number of rotatable bonds is 3. The molecule has 1 aliphatic rings. The third-order valence-electron chi connectivity index (χ3n) is 2.55. The zero-order chi connectivity index (χ0) is 11.5. The van der Waals surface area contributed by atoms with E-state index < -0.39 is 0 Å². The summed E-state index contributed by atoms with van der Waals surface area (Å²) in [5.41, 5.74) is 12.3. The van der Waals surface area contributed by atoms with Crippen molar-refractivity contribution in [3.63, 3.8) is 0 Å². The number of methoxy groups -OCH3 is 1. The predicted molar refractivity (Wildman–Crippen MR) is 60.0 cm³/mol. The molecule has 0 unspecified atom stereocenters. The molecule has 0 bridgehead atoms. The first kappa shape index (κ1) is 11.0. The van der Waals surface area contributed by atoms with Gasteiger partial charge in [-0.3, -0.25) is 0 Å². The van der Waals surface area contributed by atoms with Crippen molar-refractivity contribution in [3.05, 3.63) is 17.7 Å². The van der Waals surface area contributed by atoms with Gasteiger partial charge in [-0.2, -0.15) is 0 Å². The van der Waals surface area contributed by atoms with Crippen LogP contribution in [0.5, 0.6) is 17.2 Å². The molecule has 0 amide bonds. The first-order valence-electron chi connectivity index (χ1n) is 5.19. The van der Waals surface area contributed by atoms with Gasteiger partial charge in [0.2, 0.25) is 0 Å². The molecular formula is C11H16N2O3. The smallest absolute Gasteiger partial charge is 0.165 e. The van der Waals surface area contributed by atoms with E-state index in [9.17, 15) is 0 Å². The molecule has 0 fully saturated rings. The van der Waals surface area contributed by atoms with Crippen LogP contribution in [0.4, 0.5) is 0 Å². The molecule has 1 aromatic carbocycles. The Morgan fingerprint density at radius 3 is 2.50 bits per heavy atom. The highest BCUT2D eigenvalue weighted by Gasteiger charge is 2.19. The van der Waals surface area contributed by atoms with Crippen molar-refractivity contribution in [3.8, 4) is 17.2 Å². The summed E-state index contributed by atoms with van der Waals surface area (Å²) >= 11 is 0. The maximum atomic E-state index is 5.90. The zero-order valence-electron chi connectivity index (χ0n) is 9.23. The third-order valence-corrected chi connectivity index (χ3v) is 2.55. The Kier molecular flexibility index (Phi) is 3.17. The second-order valence-electron chi connectivity index (χ2n) is 3.58. The molecule has 0 aliphatic carbocycles. The van der Waals surface area contributed by atoms with Gasteiger partial charge in [-0.15, -0.1) is 0 Å². The van der Waals surface area contributed by atoms with Crippen molar-refractivity contribution in [2.75, 3.05) is 26.9 Å². The summed E-state index contributed by atoms with van der Waals surface area (Å²) in [5.74, 6) is 2.07. The van der Waals surface area contributed by atoms with E-state index in [0.29, 0.717) is 37.0 Å². The topological polar surface area (TPSA) is 79.7 Å². The predicted octanol–water partition coefficient (Wildman–Crippen LogP) is 0.425. The number of ether oxygens (including phenoxy) is 3. The highest BCUT2D eigenvalue weighted by atomic mass is 16.6. The second kappa shape index (κ2) is 4.59. The van der Waals surface area contributed by atoms with Crippen LogP contribution < -0.4 is 25.7 Å². The summed E-state index contributed by atoms with van der Waals surface area (Å²) in [7, 11) is 1.60. The minimum atomic E-state index is -0.259. The fourth-order valence-corrected chi connectivity index (χ4v) is 1.68. The Labute approximate surface area is 94.3 Å². The summed E-state index contributed by atoms with van der Waals surface area (Å²) in [6.45, 7) is 1.46. The zero-order valence-corrected chi connectivity index (χ0v) is 9.23. The van der Waals surface area contributed by atoms with Crippen molar-refractivity contribution in [2.24, 2.45) is 11.5 Å². The molecule has 0 saturated carbocycles. The van der Waals surface area contributed by atoms with Gasteiger partial charge in [-0.1, -0.05) is 0 Å². The van der Waals surface area contributed by atoms with Crippen LogP contribution in [0.3, 0.4) is 0 Å². The number of nitrogens with two attached hydrogens (primary N) is 2. The average Bonchev–Trinajstić information content (AvgIpc) is 2.36. The fraction of sp³-hybridized carbons (Fsp3) is 0.455. The lowest BCUT2D eigenvalue weighted by molar-refractivity contribution is 0.170. The van der Waals surface area contributed by atoms with Gasteiger partial charge < -0.3 is 25.7 Å². The molecule has 0 aromatic heterocycles. The lowest BCUT2D eigenvalue weighted by atomic mass is 10.1. The van der Waals surface area contributed by atoms with Crippen molar-refractivity contribution in [1.82, 2.24) is 0 Å². The SMILES string of the molecule is COc1cc2c(cc1[C@@H](N)CN)OCCO2. The molecule has 1 atom stereocenters. The normalized spacial score (nSPS) is 15.7. The first-order chi connectivity index (χ1) is 7.76. The van der Waals surface area contributed by atoms with Gasteiger partial charge >= 0.3 is 0 Å². The van der Waals surface area contributed by atoms with Crippen LogP contribution in [-0.4, -0.2) is 26.9 Å². The average molecular weight is 224 g/mol. The molecule has 0 spiro atoms. The van der Waals surface area contributed by atoms with E-state index in [1.807, 2.05) is 6.07 Å². The minimum absolute atomic E-state index is 0.259. The van der Waals surface area contributed by atoms with Crippen molar-refractivity contribution >= 4 is 0 Å². The Morgan fingerprint density at radius 1 is 1.31 bits per heavy atom. The molecule has 1 heterocycles. The summed E-state index contributed by atoms with van der Waals surface area (Å²) < 4.78 is 16.2. The molecule has 0 radical (unpaired) electrons. The molecule has 16 heavy (non-hydrogen) atoms. The Hall–Kier alpha value is -1.46. The molecular weight excluding hydrogens is 208 g/mol. The van der Waals surface area contributed by atoms with Crippen molar-refractivity contribution in [2.45, 2.75) is 6.04 Å². The Bertz CT molecular complexity index is 382. The largest absolute Gasteiger partial charge is 0.496 e. The second-order valence-corrected chi connectivity index (χ2v) is 3.58. The van der Waals surface area contributed by atoms with Crippen LogP contribution in [0.2, 0.25) is 0 Å². The van der Waals surface area contributed by atoms with Crippen LogP contribution in [0.25, 0.3) is 0 Å². The van der Waals surface area contributed by atoms with Gasteiger partial charge in [-0.05, 0) is 6.07 Å². The molecule has 4 N–H and O–H groups in total. The van der Waals surface area contributed by atoms with E-state index >= 15 is 0 Å². The number of hydrogen-bond acceptors (Lipinski definition) is 5. The highest BCUT2D eigenvalue weighted by molar-refractivity contribution is 5.52. The summed E-state index contributed by atoms with van der Waals surface area (Å²) in [6.07, 6.45) is 0. The van der Waals surface area contributed by atoms with Gasteiger partial charge in [0.1, 0.15) is 19.0 Å². The number of fused-ring (bicyclic) bond motifs is 1. The maximum absolute atomic E-state index is 5.90. The Balaban J connectivity index is 2.43. The van der Waals surface area contributed by atoms with Crippen molar-refractivity contribution in [1.29, 1.82) is 0 Å². The molecule has 1 aliphatic heterocycles. The number of hydrogen-bond donors (Lipinski definition) is 2. The summed E-state index contributed by atoms with van der Waals surface area (Å²) in [5, 5.41) is 0. The minimum Gasteiger partial charge on any atom is -0.496 e. The molecule has 0 saturated heterocycles. The Morgan fingerprint density at radius 2 is 1.94 bits per heavy atom. The molecule has 5 nitrogen and oxygen atoms in total. The monoisotopic (exact) mass is 224 g/mol. The highest BCUT2D eigenvalue weighted by Crippen LogP contribution is 2.38. The van der Waals surface area contributed by atoms with E-state index in [0.717, 1.165) is 5.56 Å². The van der Waals surface area contributed by atoms with E-state index in [1.165, 1.54) is 0 Å². The molecule has 88 valence electrons. The van der Waals surface area contributed by atoms with E-state index in [4.69, 9.17) is 25.7 Å². The first-order valence-corrected chi connectivity index (χ1v) is 5.19. The van der Waals surface area contributed by atoms with Crippen LogP contribution in [0.15, 0.2) is 12.1 Å². The van der Waals surface area contributed by atoms with E-state index in [1.54, 1.807) is 13.2 Å². The molecule has 2 rings (SSSR count). The van der Waals surface area contributed by atoms with Gasteiger partial charge in [0.15, 0.2) is 11.5 Å². The van der Waals surface area contributed by atoms with Crippen LogP contribution in [-0.2, 0) is 0 Å². The van der Waals surface area contributed by atoms with Gasteiger partial charge in [0.25, 0.3) is 0 Å². The van der Waals surface area contributed by atoms with E-state index in [2.05, 4.69) is 0 Å². The van der Waals surface area contributed by atoms with Gasteiger partial charge in [0, 0.05) is 24.2 Å². The fourth-order valence-electron chi connectivity index (χ4n) is 1.68. The standard InChI is InChI=1S/C11H16N2O3/c1-14-9-5-11-10(15-2-3-16-11)4-7(9)8(13)6-12/h4-5,8H,2-3,6,12-13H2,1H3/t8-/m0/s1. The summed E-state index contributed by atoms with van der Waals surface area (Å²) in [6, 6.07) is 3.37. The van der Waals surface area contributed by atoms with Crippen LogP contribution in [0.1, 0.15) is 11.6 Å². The van der Waals surface area contributed by atoms with Crippen molar-refractivity contribution < 1.29 is 14.2 Å². The van der Waals surface area contributed by atoms with Gasteiger partial charge in [-0.25, -0.2) is 0 Å². The lowest BCUT2D eigenvalue weighted by Crippen LogP contribution is -2.22. The van der Waals surface area contributed by atoms with Crippen LogP contribution >= 0.6 is 0 Å². The van der Waals surface area contributed by atoms with Gasteiger partial charge in [0.05, 0.1) is 7.11 Å². The number of benzene rings is 1. The van der Waals surface area contributed by atoms with E-state index in [-0.39, 0.29) is 6.04 Å². The summed E-state index contributed by atoms with van der Waals surface area (Å²) in [4.78, 5) is 0.